The second-order valence-corrected chi connectivity index (χ2v) is 3.42. The van der Waals surface area contributed by atoms with Crippen LogP contribution in [0.3, 0.4) is 0 Å². The number of rotatable bonds is 0. The number of fused-ring (bicyclic) bond motifs is 1. The fourth-order valence-corrected chi connectivity index (χ4v) is 1.41. The lowest BCUT2D eigenvalue weighted by atomic mass is 10.3. The minimum atomic E-state index is 1.05. The van der Waals surface area contributed by atoms with Crippen LogP contribution in [0.1, 0.15) is 5.56 Å². The highest BCUT2D eigenvalue weighted by atomic mass is 79.9. The topological polar surface area (TPSA) is 17.3 Å². The standard InChI is InChI=1S/C8H7BrN2/c1-6-4-10-11-5-7(9)2-3-8(6)11/h2-5H,1H3. The third kappa shape index (κ3) is 1.05. The summed E-state index contributed by atoms with van der Waals surface area (Å²) in [6.07, 6.45) is 3.81. The number of aryl methyl sites for hydroxylation is 1. The van der Waals surface area contributed by atoms with E-state index in [0.29, 0.717) is 0 Å². The van der Waals surface area contributed by atoms with Crippen molar-refractivity contribution in [2.75, 3.05) is 0 Å². The van der Waals surface area contributed by atoms with Gasteiger partial charge >= 0.3 is 0 Å². The van der Waals surface area contributed by atoms with Gasteiger partial charge in [0, 0.05) is 10.7 Å². The van der Waals surface area contributed by atoms with Crippen molar-refractivity contribution >= 4 is 21.4 Å². The molecule has 0 amide bonds. The molecule has 11 heavy (non-hydrogen) atoms. The van der Waals surface area contributed by atoms with Crippen molar-refractivity contribution in [3.8, 4) is 0 Å². The number of hydrogen-bond donors (Lipinski definition) is 0. The first-order valence-electron chi connectivity index (χ1n) is 3.37. The van der Waals surface area contributed by atoms with Crippen molar-refractivity contribution in [2.45, 2.75) is 6.92 Å². The molecule has 0 spiro atoms. The predicted molar refractivity (Wildman–Crippen MR) is 47.6 cm³/mol. The Bertz CT molecular complexity index is 392. The molecule has 0 atom stereocenters. The molecule has 0 radical (unpaired) electrons. The fraction of sp³-hybridized carbons (Fsp3) is 0.125. The van der Waals surface area contributed by atoms with E-state index >= 15 is 0 Å². The predicted octanol–water partition coefficient (Wildman–Crippen LogP) is 2.41. The molecule has 0 unspecified atom stereocenters. The van der Waals surface area contributed by atoms with Gasteiger partial charge in [-0.05, 0) is 40.5 Å². The zero-order chi connectivity index (χ0) is 7.84. The highest BCUT2D eigenvalue weighted by molar-refractivity contribution is 9.10. The van der Waals surface area contributed by atoms with Crippen LogP contribution in [0.2, 0.25) is 0 Å². The third-order valence-corrected chi connectivity index (χ3v) is 2.14. The van der Waals surface area contributed by atoms with Crippen molar-refractivity contribution in [1.82, 2.24) is 9.61 Å². The molecule has 3 heteroatoms. The maximum atomic E-state index is 4.17. The molecule has 0 aliphatic carbocycles. The molecule has 2 nitrogen and oxygen atoms in total. The smallest absolute Gasteiger partial charge is 0.0691 e. The van der Waals surface area contributed by atoms with E-state index in [-0.39, 0.29) is 0 Å². The van der Waals surface area contributed by atoms with Crippen molar-refractivity contribution in [3.63, 3.8) is 0 Å². The maximum Gasteiger partial charge on any atom is 0.0691 e. The van der Waals surface area contributed by atoms with E-state index in [1.807, 2.05) is 29.0 Å². The monoisotopic (exact) mass is 210 g/mol. The maximum absolute atomic E-state index is 4.17. The highest BCUT2D eigenvalue weighted by Gasteiger charge is 1.97. The van der Waals surface area contributed by atoms with Crippen LogP contribution < -0.4 is 0 Å². The van der Waals surface area contributed by atoms with Crippen LogP contribution in [0, 0.1) is 6.92 Å². The van der Waals surface area contributed by atoms with Crippen LogP contribution in [0.4, 0.5) is 0 Å². The molecule has 0 N–H and O–H groups in total. The van der Waals surface area contributed by atoms with E-state index in [1.54, 1.807) is 0 Å². The van der Waals surface area contributed by atoms with Crippen molar-refractivity contribution < 1.29 is 0 Å². The van der Waals surface area contributed by atoms with Crippen LogP contribution in [-0.4, -0.2) is 9.61 Å². The number of hydrogen-bond acceptors (Lipinski definition) is 1. The highest BCUT2D eigenvalue weighted by Crippen LogP contribution is 2.13. The van der Waals surface area contributed by atoms with Crippen molar-refractivity contribution in [3.05, 3.63) is 34.6 Å². The normalized spacial score (nSPS) is 10.7. The molecule has 0 aliphatic heterocycles. The average molecular weight is 211 g/mol. The fourth-order valence-electron chi connectivity index (χ4n) is 1.09. The van der Waals surface area contributed by atoms with E-state index < -0.39 is 0 Å². The first kappa shape index (κ1) is 6.85. The summed E-state index contributed by atoms with van der Waals surface area (Å²) in [7, 11) is 0. The number of nitrogens with zero attached hydrogens (tertiary/aromatic N) is 2. The Morgan fingerprint density at radius 3 is 3.09 bits per heavy atom. The van der Waals surface area contributed by atoms with Crippen LogP contribution in [0.15, 0.2) is 29.0 Å². The summed E-state index contributed by atoms with van der Waals surface area (Å²) < 4.78 is 2.91. The molecule has 2 aromatic heterocycles. The van der Waals surface area contributed by atoms with Gasteiger partial charge in [0.2, 0.25) is 0 Å². The van der Waals surface area contributed by atoms with E-state index in [2.05, 4.69) is 28.0 Å². The Kier molecular flexibility index (Phi) is 1.46. The van der Waals surface area contributed by atoms with Gasteiger partial charge in [-0.25, -0.2) is 4.52 Å². The zero-order valence-corrected chi connectivity index (χ0v) is 7.67. The summed E-state index contributed by atoms with van der Waals surface area (Å²) >= 11 is 3.38. The van der Waals surface area contributed by atoms with Crippen LogP contribution >= 0.6 is 15.9 Å². The lowest BCUT2D eigenvalue weighted by Crippen LogP contribution is -1.84. The minimum absolute atomic E-state index is 1.05. The summed E-state index contributed by atoms with van der Waals surface area (Å²) in [4.78, 5) is 0. The van der Waals surface area contributed by atoms with Gasteiger partial charge in [0.1, 0.15) is 0 Å². The van der Waals surface area contributed by atoms with E-state index in [0.717, 1.165) is 9.99 Å². The van der Waals surface area contributed by atoms with Gasteiger partial charge < -0.3 is 0 Å². The van der Waals surface area contributed by atoms with Crippen molar-refractivity contribution in [2.24, 2.45) is 0 Å². The molecular weight excluding hydrogens is 204 g/mol. The number of aromatic nitrogens is 2. The van der Waals surface area contributed by atoms with Gasteiger partial charge in [0.05, 0.1) is 11.7 Å². The van der Waals surface area contributed by atoms with Crippen LogP contribution in [-0.2, 0) is 0 Å². The molecule has 0 aromatic carbocycles. The van der Waals surface area contributed by atoms with Gasteiger partial charge in [0.25, 0.3) is 0 Å². The van der Waals surface area contributed by atoms with Gasteiger partial charge in [-0.3, -0.25) is 0 Å². The molecule has 0 saturated carbocycles. The molecular formula is C8H7BrN2. The summed E-state index contributed by atoms with van der Waals surface area (Å²) in [5, 5.41) is 4.17. The molecule has 0 bridgehead atoms. The number of pyridine rings is 1. The molecule has 56 valence electrons. The summed E-state index contributed by atoms with van der Waals surface area (Å²) in [5.41, 5.74) is 2.37. The molecule has 0 aliphatic rings. The molecule has 2 rings (SSSR count). The van der Waals surface area contributed by atoms with Crippen LogP contribution in [0.5, 0.6) is 0 Å². The average Bonchev–Trinajstić information content (AvgIpc) is 2.32. The lowest BCUT2D eigenvalue weighted by molar-refractivity contribution is 0.956. The van der Waals surface area contributed by atoms with E-state index in [4.69, 9.17) is 0 Å². The molecule has 0 saturated heterocycles. The second-order valence-electron chi connectivity index (χ2n) is 2.50. The van der Waals surface area contributed by atoms with Crippen molar-refractivity contribution in [1.29, 1.82) is 0 Å². The second kappa shape index (κ2) is 2.34. The minimum Gasteiger partial charge on any atom is -0.240 e. The molecule has 2 aromatic rings. The summed E-state index contributed by atoms with van der Waals surface area (Å²) in [6, 6.07) is 4.07. The Labute approximate surface area is 73.0 Å². The number of halogens is 1. The zero-order valence-electron chi connectivity index (χ0n) is 6.08. The molecule has 0 fully saturated rings. The van der Waals surface area contributed by atoms with Gasteiger partial charge in [-0.1, -0.05) is 0 Å². The Morgan fingerprint density at radius 1 is 1.45 bits per heavy atom. The first-order valence-corrected chi connectivity index (χ1v) is 4.16. The SMILES string of the molecule is Cc1cnn2cc(Br)ccc12. The largest absolute Gasteiger partial charge is 0.240 e. The first-order chi connectivity index (χ1) is 5.27. The third-order valence-electron chi connectivity index (χ3n) is 1.67. The molecule has 2 heterocycles. The Balaban J connectivity index is 2.86. The summed E-state index contributed by atoms with van der Waals surface area (Å²) in [5.74, 6) is 0. The lowest BCUT2D eigenvalue weighted by Gasteiger charge is -1.93. The van der Waals surface area contributed by atoms with E-state index in [9.17, 15) is 0 Å². The summed E-state index contributed by atoms with van der Waals surface area (Å²) in [6.45, 7) is 2.05. The Morgan fingerprint density at radius 2 is 2.27 bits per heavy atom. The van der Waals surface area contributed by atoms with Gasteiger partial charge in [0.15, 0.2) is 0 Å². The quantitative estimate of drug-likeness (QED) is 0.653. The van der Waals surface area contributed by atoms with Crippen LogP contribution in [0.25, 0.3) is 5.52 Å². The van der Waals surface area contributed by atoms with Gasteiger partial charge in [-0.15, -0.1) is 0 Å². The van der Waals surface area contributed by atoms with Gasteiger partial charge in [-0.2, -0.15) is 5.10 Å². The van der Waals surface area contributed by atoms with E-state index in [1.165, 1.54) is 5.56 Å². The Hall–Kier alpha value is -0.830.